The van der Waals surface area contributed by atoms with Gasteiger partial charge in [-0.25, -0.2) is 27.9 Å². The monoisotopic (exact) mass is 516 g/mol. The Morgan fingerprint density at radius 2 is 1.68 bits per heavy atom. The Kier molecular flexibility index (Phi) is 6.41. The van der Waals surface area contributed by atoms with Crippen LogP contribution in [-0.2, 0) is 4.74 Å². The van der Waals surface area contributed by atoms with Gasteiger partial charge in [0.25, 0.3) is 0 Å². The highest BCUT2D eigenvalue weighted by atomic mass is 19.2. The van der Waals surface area contributed by atoms with E-state index in [0.29, 0.717) is 31.1 Å². The minimum atomic E-state index is -1.51. The second kappa shape index (κ2) is 9.42. The van der Waals surface area contributed by atoms with Crippen LogP contribution in [0.5, 0.6) is 0 Å². The third-order valence-electron chi connectivity index (χ3n) is 6.79. The third-order valence-corrected chi connectivity index (χ3v) is 6.79. The number of hydrogen-bond donors (Lipinski definition) is 0. The van der Waals surface area contributed by atoms with E-state index in [2.05, 4.69) is 19.8 Å². The van der Waals surface area contributed by atoms with Gasteiger partial charge in [0.15, 0.2) is 23.1 Å². The topological polar surface area (TPSA) is 66.7 Å². The summed E-state index contributed by atoms with van der Waals surface area (Å²) < 4.78 is 49.1. The van der Waals surface area contributed by atoms with Crippen LogP contribution in [0.4, 0.5) is 29.5 Å². The molecule has 11 heteroatoms. The SMILES string of the molecule is C[C@@H]1CN(c2ncnc3c2c(N2CCCC2)cn3-c2cc(F)c(F)c(F)c2)CCN1C(=O)OC(C)(C)C. The molecule has 0 bridgehead atoms. The van der Waals surface area contributed by atoms with Crippen molar-refractivity contribution in [1.82, 2.24) is 19.4 Å². The Morgan fingerprint density at radius 1 is 1.00 bits per heavy atom. The van der Waals surface area contributed by atoms with E-state index in [9.17, 15) is 18.0 Å². The maximum Gasteiger partial charge on any atom is 0.410 e. The summed E-state index contributed by atoms with van der Waals surface area (Å²) in [5, 5.41) is 0.757. The lowest BCUT2D eigenvalue weighted by atomic mass is 10.1. The van der Waals surface area contributed by atoms with E-state index in [1.807, 2.05) is 27.7 Å². The summed E-state index contributed by atoms with van der Waals surface area (Å²) in [5.74, 6) is -3.35. The molecule has 2 aromatic heterocycles. The van der Waals surface area contributed by atoms with Gasteiger partial charge < -0.3 is 19.4 Å². The van der Waals surface area contributed by atoms with Crippen LogP contribution in [0.3, 0.4) is 0 Å². The fourth-order valence-corrected chi connectivity index (χ4v) is 5.08. The Morgan fingerprint density at radius 3 is 2.30 bits per heavy atom. The van der Waals surface area contributed by atoms with Crippen molar-refractivity contribution in [3.8, 4) is 5.69 Å². The van der Waals surface area contributed by atoms with Crippen molar-refractivity contribution in [1.29, 1.82) is 0 Å². The number of anilines is 2. The standard InChI is InChI=1S/C26H31F3N6O2/c1-16-13-33(9-10-34(16)25(36)37-26(2,3)4)23-21-20(32-7-5-6-8-32)14-35(24(21)31-15-30-23)17-11-18(27)22(29)19(28)12-17/h11-12,14-16H,5-10,13H2,1-4H3/t16-/m1/s1. The largest absolute Gasteiger partial charge is 0.444 e. The van der Waals surface area contributed by atoms with E-state index in [0.717, 1.165) is 49.1 Å². The van der Waals surface area contributed by atoms with E-state index < -0.39 is 23.1 Å². The minimum Gasteiger partial charge on any atom is -0.444 e. The van der Waals surface area contributed by atoms with Crippen molar-refractivity contribution >= 4 is 28.6 Å². The Balaban J connectivity index is 1.55. The van der Waals surface area contributed by atoms with Crippen LogP contribution in [0.2, 0.25) is 0 Å². The second-order valence-corrected chi connectivity index (χ2v) is 10.7. The number of amides is 1. The molecular formula is C26H31F3N6O2. The van der Waals surface area contributed by atoms with Crippen LogP contribution in [-0.4, -0.2) is 69.9 Å². The zero-order valence-electron chi connectivity index (χ0n) is 21.5. The van der Waals surface area contributed by atoms with Gasteiger partial charge in [0.2, 0.25) is 0 Å². The van der Waals surface area contributed by atoms with Crippen molar-refractivity contribution < 1.29 is 22.7 Å². The van der Waals surface area contributed by atoms with Gasteiger partial charge in [-0.2, -0.15) is 0 Å². The molecular weight excluding hydrogens is 485 g/mol. The molecule has 0 aliphatic carbocycles. The van der Waals surface area contributed by atoms with E-state index in [4.69, 9.17) is 4.74 Å². The molecule has 2 saturated heterocycles. The number of fused-ring (bicyclic) bond motifs is 1. The molecule has 198 valence electrons. The molecule has 2 aliphatic rings. The molecule has 0 radical (unpaired) electrons. The first-order chi connectivity index (χ1) is 17.5. The number of carbonyl (C=O) groups is 1. The molecule has 0 saturated carbocycles. The Labute approximate surface area is 213 Å². The molecule has 1 atom stereocenters. The fraction of sp³-hybridized carbons (Fsp3) is 0.500. The van der Waals surface area contributed by atoms with Gasteiger partial charge in [0.05, 0.1) is 16.8 Å². The molecule has 2 aliphatic heterocycles. The quantitative estimate of drug-likeness (QED) is 0.462. The predicted octanol–water partition coefficient (Wildman–Crippen LogP) is 4.88. The van der Waals surface area contributed by atoms with Crippen molar-refractivity contribution in [3.05, 3.63) is 42.1 Å². The maximum atomic E-state index is 14.1. The number of carbonyl (C=O) groups excluding carboxylic acids is 1. The lowest BCUT2D eigenvalue weighted by Gasteiger charge is -2.41. The molecule has 0 spiro atoms. The van der Waals surface area contributed by atoms with Gasteiger partial charge in [0, 0.05) is 57.1 Å². The van der Waals surface area contributed by atoms with Gasteiger partial charge in [-0.05, 0) is 40.5 Å². The summed E-state index contributed by atoms with van der Waals surface area (Å²) in [6.45, 7) is 10.7. The number of nitrogens with zero attached hydrogens (tertiary/aromatic N) is 6. The lowest BCUT2D eigenvalue weighted by Crippen LogP contribution is -2.55. The molecule has 0 N–H and O–H groups in total. The van der Waals surface area contributed by atoms with Crippen LogP contribution >= 0.6 is 0 Å². The van der Waals surface area contributed by atoms with E-state index >= 15 is 0 Å². The van der Waals surface area contributed by atoms with Crippen LogP contribution in [0, 0.1) is 17.5 Å². The van der Waals surface area contributed by atoms with Crippen molar-refractivity contribution in [2.75, 3.05) is 42.5 Å². The Bertz CT molecular complexity index is 1310. The van der Waals surface area contributed by atoms with Gasteiger partial charge in [-0.15, -0.1) is 0 Å². The van der Waals surface area contributed by atoms with E-state index in [1.165, 1.54) is 6.33 Å². The molecule has 3 aromatic rings. The number of rotatable bonds is 3. The smallest absolute Gasteiger partial charge is 0.410 e. The first kappa shape index (κ1) is 25.2. The molecule has 4 heterocycles. The summed E-state index contributed by atoms with van der Waals surface area (Å²) >= 11 is 0. The highest BCUT2D eigenvalue weighted by molar-refractivity contribution is 6.00. The number of aromatic nitrogens is 3. The summed E-state index contributed by atoms with van der Waals surface area (Å²) in [6.07, 6.45) is 4.92. The zero-order valence-corrected chi connectivity index (χ0v) is 21.5. The molecule has 37 heavy (non-hydrogen) atoms. The average Bonchev–Trinajstić information content (AvgIpc) is 3.49. The minimum absolute atomic E-state index is 0.133. The van der Waals surface area contributed by atoms with Gasteiger partial charge in [-0.3, -0.25) is 4.57 Å². The summed E-state index contributed by atoms with van der Waals surface area (Å²) in [5.41, 5.74) is 0.884. The third kappa shape index (κ3) is 4.78. The molecule has 2 fully saturated rings. The number of benzene rings is 1. The van der Waals surface area contributed by atoms with E-state index in [1.54, 1.807) is 15.7 Å². The van der Waals surface area contributed by atoms with E-state index in [-0.39, 0.29) is 17.8 Å². The van der Waals surface area contributed by atoms with Crippen molar-refractivity contribution in [2.45, 2.75) is 52.2 Å². The van der Waals surface area contributed by atoms with Crippen LogP contribution in [0.25, 0.3) is 16.7 Å². The summed E-state index contributed by atoms with van der Waals surface area (Å²) in [4.78, 5) is 27.8. The zero-order chi connectivity index (χ0) is 26.5. The lowest BCUT2D eigenvalue weighted by molar-refractivity contribution is 0.0158. The number of hydrogen-bond acceptors (Lipinski definition) is 6. The number of halogens is 3. The first-order valence-corrected chi connectivity index (χ1v) is 12.5. The van der Waals surface area contributed by atoms with Gasteiger partial charge in [-0.1, -0.05) is 0 Å². The molecule has 8 nitrogen and oxygen atoms in total. The van der Waals surface area contributed by atoms with Crippen LogP contribution < -0.4 is 9.80 Å². The Hall–Kier alpha value is -3.50. The predicted molar refractivity (Wildman–Crippen MR) is 135 cm³/mol. The summed E-state index contributed by atoms with van der Waals surface area (Å²) in [6, 6.07) is 1.80. The first-order valence-electron chi connectivity index (χ1n) is 12.5. The average molecular weight is 517 g/mol. The van der Waals surface area contributed by atoms with Gasteiger partial charge >= 0.3 is 6.09 Å². The molecule has 1 aromatic carbocycles. The molecule has 5 rings (SSSR count). The highest BCUT2D eigenvalue weighted by Gasteiger charge is 2.33. The van der Waals surface area contributed by atoms with Crippen LogP contribution in [0.1, 0.15) is 40.5 Å². The second-order valence-electron chi connectivity index (χ2n) is 10.7. The van der Waals surface area contributed by atoms with Crippen molar-refractivity contribution in [2.24, 2.45) is 0 Å². The highest BCUT2D eigenvalue weighted by Crippen LogP contribution is 2.38. The molecule has 0 unspecified atom stereocenters. The maximum absolute atomic E-state index is 14.1. The van der Waals surface area contributed by atoms with Crippen molar-refractivity contribution in [3.63, 3.8) is 0 Å². The molecule has 1 amide bonds. The number of piperazine rings is 1. The normalized spacial score (nSPS) is 18.7. The van der Waals surface area contributed by atoms with Gasteiger partial charge in [0.1, 0.15) is 17.7 Å². The fourth-order valence-electron chi connectivity index (χ4n) is 5.08. The number of ether oxygens (including phenoxy) is 1. The summed E-state index contributed by atoms with van der Waals surface area (Å²) in [7, 11) is 0. The van der Waals surface area contributed by atoms with Crippen LogP contribution in [0.15, 0.2) is 24.7 Å².